The van der Waals surface area contributed by atoms with Crippen molar-refractivity contribution >= 4 is 44.3 Å². The van der Waals surface area contributed by atoms with Gasteiger partial charge in [0.05, 0.1) is 7.05 Å². The molecule has 0 radical (unpaired) electrons. The Kier molecular flexibility index (Phi) is 4.10. The summed E-state index contributed by atoms with van der Waals surface area (Å²) in [6, 6.07) is 9.14. The van der Waals surface area contributed by atoms with Crippen molar-refractivity contribution in [3.8, 4) is 0 Å². The smallest absolute Gasteiger partial charge is 0.138 e. The van der Waals surface area contributed by atoms with E-state index in [1.54, 1.807) is 5.70 Å². The minimum absolute atomic E-state index is 0.427. The van der Waals surface area contributed by atoms with E-state index in [2.05, 4.69) is 54.2 Å². The zero-order chi connectivity index (χ0) is 14.3. The second-order valence-corrected chi connectivity index (χ2v) is 8.66. The van der Waals surface area contributed by atoms with E-state index in [1.165, 1.54) is 36.8 Å². The Bertz CT molecular complexity index is 579. The standard InChI is InChI=1S/C16H19BrNS2/c1-11(12-7-9-13(17)10-8-12)18(2)15-6-4-3-5-14(15)16(19)20-18/h7-11H,3-6H2,1-2H3/q+1/t11-,18-/m1/s1. The number of hydrogen-bond donors (Lipinski definition) is 0. The van der Waals surface area contributed by atoms with Gasteiger partial charge in [-0.15, -0.1) is 0 Å². The number of hydrogen-bond acceptors (Lipinski definition) is 2. The van der Waals surface area contributed by atoms with Crippen LogP contribution in [0.25, 0.3) is 0 Å². The van der Waals surface area contributed by atoms with Gasteiger partial charge in [0.15, 0.2) is 0 Å². The average Bonchev–Trinajstić information content (AvgIpc) is 2.72. The van der Waals surface area contributed by atoms with Crippen molar-refractivity contribution in [3.63, 3.8) is 0 Å². The lowest BCUT2D eigenvalue weighted by molar-refractivity contribution is -0.765. The van der Waals surface area contributed by atoms with Gasteiger partial charge in [0.25, 0.3) is 0 Å². The normalized spacial score (nSPS) is 27.6. The summed E-state index contributed by atoms with van der Waals surface area (Å²) in [5.74, 6) is 0. The fourth-order valence-corrected chi connectivity index (χ4v) is 5.44. The monoisotopic (exact) mass is 368 g/mol. The van der Waals surface area contributed by atoms with Crippen molar-refractivity contribution in [2.24, 2.45) is 0 Å². The van der Waals surface area contributed by atoms with E-state index in [1.807, 2.05) is 11.9 Å². The molecule has 3 rings (SSSR count). The molecular formula is C16H19BrNS2+. The molecule has 4 heteroatoms. The van der Waals surface area contributed by atoms with E-state index >= 15 is 0 Å². The summed E-state index contributed by atoms with van der Waals surface area (Å²) in [4.78, 5) is 0. The van der Waals surface area contributed by atoms with Crippen molar-refractivity contribution in [1.82, 2.24) is 0 Å². The maximum atomic E-state index is 5.64. The molecule has 1 aromatic rings. The predicted octanol–water partition coefficient (Wildman–Crippen LogP) is 5.77. The van der Waals surface area contributed by atoms with E-state index in [0.717, 1.165) is 12.6 Å². The molecule has 0 unspecified atom stereocenters. The Morgan fingerprint density at radius 3 is 2.55 bits per heavy atom. The molecular weight excluding hydrogens is 350 g/mol. The summed E-state index contributed by atoms with van der Waals surface area (Å²) in [5, 5.41) is 0. The highest BCUT2D eigenvalue weighted by atomic mass is 79.9. The first-order valence-electron chi connectivity index (χ1n) is 7.10. The minimum Gasteiger partial charge on any atom is -0.224 e. The van der Waals surface area contributed by atoms with E-state index in [9.17, 15) is 0 Å². The third-order valence-electron chi connectivity index (χ3n) is 4.59. The molecule has 1 aromatic carbocycles. The number of allylic oxidation sites excluding steroid dienone is 1. The van der Waals surface area contributed by atoms with Gasteiger partial charge in [-0.1, -0.05) is 40.3 Å². The van der Waals surface area contributed by atoms with Crippen LogP contribution in [0.4, 0.5) is 0 Å². The van der Waals surface area contributed by atoms with Crippen LogP contribution < -0.4 is 0 Å². The van der Waals surface area contributed by atoms with Crippen LogP contribution >= 0.6 is 40.1 Å². The van der Waals surface area contributed by atoms with Crippen LogP contribution in [0.2, 0.25) is 0 Å². The van der Waals surface area contributed by atoms with Crippen molar-refractivity contribution in [2.45, 2.75) is 38.6 Å². The number of thiocarbonyl (C=S) groups is 1. The number of benzene rings is 1. The Balaban J connectivity index is 1.98. The molecule has 0 N–H and O–H groups in total. The van der Waals surface area contributed by atoms with Gasteiger partial charge in [-0.3, -0.25) is 0 Å². The van der Waals surface area contributed by atoms with Gasteiger partial charge in [0, 0.05) is 22.0 Å². The van der Waals surface area contributed by atoms with E-state index in [4.69, 9.17) is 12.2 Å². The summed E-state index contributed by atoms with van der Waals surface area (Å²) < 4.78 is 3.18. The Labute approximate surface area is 139 Å². The Morgan fingerprint density at radius 1 is 1.20 bits per heavy atom. The quantitative estimate of drug-likeness (QED) is 0.369. The molecule has 2 atom stereocenters. The maximum Gasteiger partial charge on any atom is 0.138 e. The lowest BCUT2D eigenvalue weighted by atomic mass is 9.95. The molecule has 2 aliphatic rings. The molecule has 0 amide bonds. The molecule has 0 bridgehead atoms. The van der Waals surface area contributed by atoms with Crippen LogP contribution in [-0.4, -0.2) is 15.1 Å². The highest BCUT2D eigenvalue weighted by Crippen LogP contribution is 2.52. The van der Waals surface area contributed by atoms with Crippen LogP contribution in [0.3, 0.4) is 0 Å². The summed E-state index contributed by atoms with van der Waals surface area (Å²) in [6.45, 7) is 2.32. The Morgan fingerprint density at radius 2 is 1.85 bits per heavy atom. The van der Waals surface area contributed by atoms with Gasteiger partial charge in [0.1, 0.15) is 27.9 Å². The molecule has 106 valence electrons. The van der Waals surface area contributed by atoms with Crippen LogP contribution in [0.5, 0.6) is 0 Å². The van der Waals surface area contributed by atoms with Crippen molar-refractivity contribution in [2.75, 3.05) is 7.05 Å². The molecule has 1 aliphatic carbocycles. The number of nitrogens with zero attached hydrogens (tertiary/aromatic N) is 1. The first-order chi connectivity index (χ1) is 9.52. The minimum atomic E-state index is 0.427. The zero-order valence-electron chi connectivity index (χ0n) is 11.9. The van der Waals surface area contributed by atoms with E-state index in [0.29, 0.717) is 6.04 Å². The second-order valence-electron chi connectivity index (χ2n) is 5.73. The summed E-state index contributed by atoms with van der Waals surface area (Å²) >= 11 is 11.0. The van der Waals surface area contributed by atoms with E-state index in [-0.39, 0.29) is 0 Å². The molecule has 1 heterocycles. The average molecular weight is 369 g/mol. The number of halogens is 1. The van der Waals surface area contributed by atoms with Crippen molar-refractivity contribution in [3.05, 3.63) is 45.6 Å². The maximum absolute atomic E-state index is 5.64. The Hall–Kier alpha value is -0.160. The van der Waals surface area contributed by atoms with Gasteiger partial charge < -0.3 is 0 Å². The summed E-state index contributed by atoms with van der Waals surface area (Å²) in [7, 11) is 2.33. The van der Waals surface area contributed by atoms with Gasteiger partial charge in [0.2, 0.25) is 0 Å². The van der Waals surface area contributed by atoms with Gasteiger partial charge >= 0.3 is 0 Å². The molecule has 20 heavy (non-hydrogen) atoms. The van der Waals surface area contributed by atoms with Crippen LogP contribution in [-0.2, 0) is 0 Å². The molecule has 0 fully saturated rings. The molecule has 0 saturated heterocycles. The van der Waals surface area contributed by atoms with Crippen LogP contribution in [0.15, 0.2) is 40.0 Å². The first kappa shape index (κ1) is 14.8. The van der Waals surface area contributed by atoms with E-state index < -0.39 is 0 Å². The molecule has 1 nitrogen and oxygen atoms in total. The number of quaternary nitrogens is 1. The van der Waals surface area contributed by atoms with Gasteiger partial charge in [-0.05, 0) is 38.3 Å². The molecule has 0 saturated carbocycles. The number of rotatable bonds is 2. The molecule has 1 aliphatic heterocycles. The lowest BCUT2D eigenvalue weighted by Crippen LogP contribution is -2.36. The van der Waals surface area contributed by atoms with Crippen molar-refractivity contribution in [1.29, 1.82) is 0 Å². The molecule has 0 aromatic heterocycles. The summed E-state index contributed by atoms with van der Waals surface area (Å²) in [5.41, 5.74) is 4.43. The largest absolute Gasteiger partial charge is 0.224 e. The topological polar surface area (TPSA) is 0 Å². The van der Waals surface area contributed by atoms with Crippen LogP contribution in [0, 0.1) is 0 Å². The fraction of sp³-hybridized carbons (Fsp3) is 0.438. The lowest BCUT2D eigenvalue weighted by Gasteiger charge is -2.36. The predicted molar refractivity (Wildman–Crippen MR) is 94.4 cm³/mol. The third-order valence-corrected chi connectivity index (χ3v) is 6.91. The van der Waals surface area contributed by atoms with Crippen LogP contribution in [0.1, 0.15) is 44.2 Å². The van der Waals surface area contributed by atoms with Gasteiger partial charge in [-0.2, -0.15) is 0 Å². The molecule has 0 spiro atoms. The highest BCUT2D eigenvalue weighted by molar-refractivity contribution is 9.10. The van der Waals surface area contributed by atoms with Gasteiger partial charge in [-0.25, -0.2) is 3.89 Å². The summed E-state index contributed by atoms with van der Waals surface area (Å²) in [6.07, 6.45) is 5.00. The third kappa shape index (κ3) is 2.41. The SMILES string of the molecule is C[C@H](c1ccc(Br)cc1)[N@@+]1(C)SC(=S)C2=C1CCCC2. The first-order valence-corrected chi connectivity index (χ1v) is 9.08. The van der Waals surface area contributed by atoms with Crippen molar-refractivity contribution < 1.29 is 3.89 Å². The fourth-order valence-electron chi connectivity index (χ4n) is 3.22. The zero-order valence-corrected chi connectivity index (χ0v) is 15.1. The highest BCUT2D eigenvalue weighted by Gasteiger charge is 2.47. The second kappa shape index (κ2) is 5.56.